The lowest BCUT2D eigenvalue weighted by Crippen LogP contribution is -2.25. The first kappa shape index (κ1) is 11.6. The minimum absolute atomic E-state index is 0.0309. The summed E-state index contributed by atoms with van der Waals surface area (Å²) in [6.45, 7) is 0. The Morgan fingerprint density at radius 1 is 1.45 bits per heavy atom. The molecule has 0 bridgehead atoms. The molecular weight excluding hydrogens is 234 g/mol. The molecule has 0 aromatic carbocycles. The van der Waals surface area contributed by atoms with E-state index in [4.69, 9.17) is 51.5 Å². The molecule has 0 amide bonds. The first-order valence-electron chi connectivity index (χ1n) is 2.75. The molecule has 0 rings (SSSR count). The molecule has 66 valence electrons. The third kappa shape index (κ3) is 4.96. The van der Waals surface area contributed by atoms with Gasteiger partial charge in [-0.2, -0.15) is 0 Å². The fraction of sp³-hybridized carbons (Fsp3) is 0.800. The Morgan fingerprint density at radius 2 is 1.91 bits per heavy atom. The van der Waals surface area contributed by atoms with Crippen LogP contribution in [0.2, 0.25) is 0 Å². The maximum atomic E-state index is 10.3. The molecule has 0 heterocycles. The minimum atomic E-state index is -1.78. The Bertz CT molecular complexity index is 145. The van der Waals surface area contributed by atoms with Crippen molar-refractivity contribution in [3.05, 3.63) is 0 Å². The highest BCUT2D eigenvalue weighted by molar-refractivity contribution is 6.57. The molecule has 6 heteroatoms. The highest BCUT2D eigenvalue weighted by Crippen LogP contribution is 2.29. The van der Waals surface area contributed by atoms with Crippen molar-refractivity contribution in [3.63, 3.8) is 0 Å². The van der Waals surface area contributed by atoms with Crippen molar-refractivity contribution in [2.75, 3.05) is 0 Å². The predicted octanol–water partition coefficient (Wildman–Crippen LogP) is 2.83. The summed E-state index contributed by atoms with van der Waals surface area (Å²) in [6, 6.07) is 0. The Morgan fingerprint density at radius 3 is 2.18 bits per heavy atom. The maximum absolute atomic E-state index is 10.3. The van der Waals surface area contributed by atoms with E-state index in [1.54, 1.807) is 0 Å². The molecule has 0 aromatic rings. The van der Waals surface area contributed by atoms with E-state index in [1.165, 1.54) is 0 Å². The number of aliphatic carboxylic acids is 1. The van der Waals surface area contributed by atoms with E-state index < -0.39 is 15.1 Å². The van der Waals surface area contributed by atoms with Gasteiger partial charge in [-0.25, -0.2) is 4.79 Å². The van der Waals surface area contributed by atoms with Crippen LogP contribution in [0.25, 0.3) is 0 Å². The molecule has 0 saturated carbocycles. The summed E-state index contributed by atoms with van der Waals surface area (Å²) in [7, 11) is 0. The van der Waals surface area contributed by atoms with Gasteiger partial charge in [0.05, 0.1) is 0 Å². The normalized spacial score (nSPS) is 12.1. The molecular formula is C5H6Cl4O2. The van der Waals surface area contributed by atoms with Gasteiger partial charge in [0.15, 0.2) is 0 Å². The number of halogens is 4. The van der Waals surface area contributed by atoms with Crippen LogP contribution in [0, 0.1) is 0 Å². The van der Waals surface area contributed by atoms with Crippen molar-refractivity contribution in [1.29, 1.82) is 0 Å². The lowest BCUT2D eigenvalue weighted by molar-refractivity contribution is -0.137. The van der Waals surface area contributed by atoms with Gasteiger partial charge < -0.3 is 5.11 Å². The van der Waals surface area contributed by atoms with Crippen molar-refractivity contribution in [3.8, 4) is 0 Å². The summed E-state index contributed by atoms with van der Waals surface area (Å²) in [5.74, 6) is -1.28. The number of carboxylic acids is 1. The maximum Gasteiger partial charge on any atom is 0.340 e. The van der Waals surface area contributed by atoms with E-state index in [0.29, 0.717) is 0 Å². The number of carbonyl (C=O) groups is 1. The van der Waals surface area contributed by atoms with Gasteiger partial charge in [-0.1, -0.05) is 23.2 Å². The van der Waals surface area contributed by atoms with Gasteiger partial charge in [-0.15, -0.1) is 23.2 Å². The molecule has 0 aliphatic heterocycles. The molecule has 0 aliphatic rings. The lowest BCUT2D eigenvalue weighted by Gasteiger charge is -2.13. The van der Waals surface area contributed by atoms with E-state index in [-0.39, 0.29) is 12.8 Å². The topological polar surface area (TPSA) is 37.3 Å². The second-order valence-corrected chi connectivity index (χ2v) is 4.70. The largest absolute Gasteiger partial charge is 0.479 e. The van der Waals surface area contributed by atoms with Crippen LogP contribution in [0.15, 0.2) is 0 Å². The van der Waals surface area contributed by atoms with E-state index in [1.807, 2.05) is 0 Å². The predicted molar refractivity (Wildman–Crippen MR) is 46.8 cm³/mol. The molecule has 11 heavy (non-hydrogen) atoms. The van der Waals surface area contributed by atoms with Crippen LogP contribution in [-0.2, 0) is 4.79 Å². The Hall–Kier alpha value is 0.630. The van der Waals surface area contributed by atoms with E-state index >= 15 is 0 Å². The standard InChI is InChI=1S/C5H6Cl4O2/c6-3(7)1-2-5(8,9)4(10)11/h3H,1-2H2,(H,10,11). The molecule has 0 unspecified atom stereocenters. The van der Waals surface area contributed by atoms with Gasteiger partial charge in [-0.05, 0) is 12.8 Å². The number of carboxylic acid groups (broad SMARTS) is 1. The van der Waals surface area contributed by atoms with E-state index in [9.17, 15) is 4.79 Å². The lowest BCUT2D eigenvalue weighted by atomic mass is 10.2. The van der Waals surface area contributed by atoms with Crippen LogP contribution in [-0.4, -0.2) is 20.2 Å². The summed E-state index contributed by atoms with van der Waals surface area (Å²) in [6.07, 6.45) is 0.283. The first-order chi connectivity index (χ1) is 4.86. The van der Waals surface area contributed by atoms with Crippen molar-refractivity contribution in [2.24, 2.45) is 0 Å². The SMILES string of the molecule is O=C(O)C(Cl)(Cl)CCC(Cl)Cl. The minimum Gasteiger partial charge on any atom is -0.479 e. The van der Waals surface area contributed by atoms with Crippen molar-refractivity contribution in [1.82, 2.24) is 0 Å². The van der Waals surface area contributed by atoms with Crippen LogP contribution in [0.1, 0.15) is 12.8 Å². The number of rotatable bonds is 4. The van der Waals surface area contributed by atoms with Crippen LogP contribution < -0.4 is 0 Å². The highest BCUT2D eigenvalue weighted by atomic mass is 35.5. The van der Waals surface area contributed by atoms with Crippen molar-refractivity contribution < 1.29 is 9.90 Å². The third-order valence-corrected chi connectivity index (χ3v) is 2.13. The van der Waals surface area contributed by atoms with Gasteiger partial charge in [0, 0.05) is 0 Å². The molecule has 0 radical (unpaired) electrons. The fourth-order valence-corrected chi connectivity index (χ4v) is 0.834. The summed E-state index contributed by atoms with van der Waals surface area (Å²) < 4.78 is -1.78. The third-order valence-electron chi connectivity index (χ3n) is 0.989. The monoisotopic (exact) mass is 238 g/mol. The summed E-state index contributed by atoms with van der Waals surface area (Å²) in [5, 5.41) is 8.40. The Labute approximate surface area is 84.4 Å². The fourth-order valence-electron chi connectivity index (χ4n) is 0.397. The molecule has 1 N–H and O–H groups in total. The molecule has 0 fully saturated rings. The zero-order valence-electron chi connectivity index (χ0n) is 5.36. The zero-order chi connectivity index (χ0) is 9.07. The van der Waals surface area contributed by atoms with Gasteiger partial charge in [0.2, 0.25) is 4.33 Å². The Kier molecular flexibility index (Phi) is 4.87. The summed E-state index contributed by atoms with van der Waals surface area (Å²) in [4.78, 5) is 9.65. The van der Waals surface area contributed by atoms with Crippen molar-refractivity contribution >= 4 is 52.4 Å². The number of hydrogen-bond acceptors (Lipinski definition) is 1. The summed E-state index contributed by atoms with van der Waals surface area (Å²) >= 11 is 21.4. The van der Waals surface area contributed by atoms with E-state index in [2.05, 4.69) is 0 Å². The molecule has 0 aliphatic carbocycles. The average Bonchev–Trinajstić information content (AvgIpc) is 1.84. The van der Waals surface area contributed by atoms with Crippen LogP contribution in [0.3, 0.4) is 0 Å². The average molecular weight is 240 g/mol. The van der Waals surface area contributed by atoms with Crippen LogP contribution >= 0.6 is 46.4 Å². The quantitative estimate of drug-likeness (QED) is 0.767. The molecule has 0 saturated heterocycles. The molecule has 0 spiro atoms. The zero-order valence-corrected chi connectivity index (χ0v) is 8.38. The van der Waals surface area contributed by atoms with Crippen molar-refractivity contribution in [2.45, 2.75) is 22.0 Å². The number of alkyl halides is 4. The highest BCUT2D eigenvalue weighted by Gasteiger charge is 2.33. The molecule has 0 atom stereocenters. The van der Waals surface area contributed by atoms with E-state index in [0.717, 1.165) is 0 Å². The number of hydrogen-bond donors (Lipinski definition) is 1. The van der Waals surface area contributed by atoms with Gasteiger partial charge in [0.25, 0.3) is 0 Å². The van der Waals surface area contributed by atoms with Crippen LogP contribution in [0.4, 0.5) is 0 Å². The second kappa shape index (κ2) is 4.61. The van der Waals surface area contributed by atoms with Gasteiger partial charge in [-0.3, -0.25) is 0 Å². The smallest absolute Gasteiger partial charge is 0.340 e. The summed E-state index contributed by atoms with van der Waals surface area (Å²) in [5.41, 5.74) is 0. The second-order valence-electron chi connectivity index (χ2n) is 1.94. The Balaban J connectivity index is 3.83. The van der Waals surface area contributed by atoms with Crippen LogP contribution in [0.5, 0.6) is 0 Å². The first-order valence-corrected chi connectivity index (χ1v) is 4.38. The molecule has 2 nitrogen and oxygen atoms in total. The molecule has 0 aromatic heterocycles. The van der Waals surface area contributed by atoms with Gasteiger partial charge in [0.1, 0.15) is 4.84 Å². The van der Waals surface area contributed by atoms with Gasteiger partial charge >= 0.3 is 5.97 Å².